The van der Waals surface area contributed by atoms with Crippen LogP contribution < -0.4 is 10.1 Å². The third-order valence-corrected chi connectivity index (χ3v) is 3.84. The molecule has 6 heteroatoms. The first-order chi connectivity index (χ1) is 10.1. The number of hydrogen-bond acceptors (Lipinski definition) is 3. The van der Waals surface area contributed by atoms with Gasteiger partial charge in [0.25, 0.3) is 5.91 Å². The maximum Gasteiger partial charge on any atom is 0.250 e. The van der Waals surface area contributed by atoms with Gasteiger partial charge in [-0.05, 0) is 31.2 Å². The third-order valence-electron chi connectivity index (χ3n) is 3.35. The normalized spacial score (nSPS) is 13.1. The van der Waals surface area contributed by atoms with E-state index in [9.17, 15) is 4.79 Å². The Bertz CT molecular complexity index is 721. The van der Waals surface area contributed by atoms with Gasteiger partial charge in [0.2, 0.25) is 0 Å². The van der Waals surface area contributed by atoms with Crippen LogP contribution in [0, 0.1) is 6.92 Å². The van der Waals surface area contributed by atoms with Crippen LogP contribution >= 0.6 is 15.9 Å². The molecule has 0 spiro atoms. The Hall–Kier alpha value is -2.08. The summed E-state index contributed by atoms with van der Waals surface area (Å²) in [5, 5.41) is 9.66. The first kappa shape index (κ1) is 13.9. The van der Waals surface area contributed by atoms with E-state index in [1.54, 1.807) is 6.20 Å². The Kier molecular flexibility index (Phi) is 3.79. The molecule has 0 aliphatic carbocycles. The molecule has 1 aliphatic rings. The molecule has 0 bridgehead atoms. The Labute approximate surface area is 130 Å². The van der Waals surface area contributed by atoms with Crippen LogP contribution in [0.15, 0.2) is 34.4 Å². The molecule has 3 rings (SSSR count). The van der Waals surface area contributed by atoms with Crippen LogP contribution in [0.25, 0.3) is 6.08 Å². The smallest absolute Gasteiger partial charge is 0.250 e. The van der Waals surface area contributed by atoms with E-state index in [0.717, 1.165) is 27.0 Å². The summed E-state index contributed by atoms with van der Waals surface area (Å²) < 4.78 is 6.56. The summed E-state index contributed by atoms with van der Waals surface area (Å²) in [7, 11) is 0. The molecule has 108 valence electrons. The molecule has 21 heavy (non-hydrogen) atoms. The van der Waals surface area contributed by atoms with E-state index in [0.29, 0.717) is 12.1 Å². The molecule has 1 aromatic heterocycles. The monoisotopic (exact) mass is 347 g/mol. The summed E-state index contributed by atoms with van der Waals surface area (Å²) in [6, 6.07) is 5.74. The number of fused-ring (bicyclic) bond motifs is 1. The number of hydrogen-bond donors (Lipinski definition) is 2. The fraction of sp³-hybridized carbons (Fsp3) is 0.200. The van der Waals surface area contributed by atoms with Gasteiger partial charge in [-0.2, -0.15) is 5.10 Å². The van der Waals surface area contributed by atoms with Gasteiger partial charge in [0.05, 0.1) is 11.8 Å². The van der Waals surface area contributed by atoms with Gasteiger partial charge in [-0.3, -0.25) is 9.89 Å². The number of rotatable bonds is 3. The number of aryl methyl sites for hydroxylation is 1. The molecule has 5 nitrogen and oxygen atoms in total. The van der Waals surface area contributed by atoms with Crippen molar-refractivity contribution in [1.29, 1.82) is 0 Å². The van der Waals surface area contributed by atoms with Crippen LogP contribution in [-0.4, -0.2) is 22.7 Å². The summed E-state index contributed by atoms with van der Waals surface area (Å²) in [4.78, 5) is 12.2. The van der Waals surface area contributed by atoms with E-state index < -0.39 is 0 Å². The lowest BCUT2D eigenvalue weighted by atomic mass is 10.1. The molecule has 1 aromatic carbocycles. The Morgan fingerprint density at radius 3 is 3.14 bits per heavy atom. The number of nitrogens with zero attached hydrogens (tertiary/aromatic N) is 1. The highest BCUT2D eigenvalue weighted by atomic mass is 79.9. The van der Waals surface area contributed by atoms with Crippen molar-refractivity contribution in [3.05, 3.63) is 51.3 Å². The molecular formula is C15H14BrN3O2. The summed E-state index contributed by atoms with van der Waals surface area (Å²) in [5.41, 5.74) is 3.45. The lowest BCUT2D eigenvalue weighted by molar-refractivity contribution is -0.117. The van der Waals surface area contributed by atoms with E-state index in [2.05, 4.69) is 31.4 Å². The Balaban J connectivity index is 1.72. The van der Waals surface area contributed by atoms with Crippen LogP contribution in [0.4, 0.5) is 0 Å². The highest BCUT2D eigenvalue weighted by molar-refractivity contribution is 9.10. The summed E-state index contributed by atoms with van der Waals surface area (Å²) in [6.45, 7) is 2.65. The maximum atomic E-state index is 12.2. The van der Waals surface area contributed by atoms with Crippen LogP contribution in [0.3, 0.4) is 0 Å². The molecule has 2 N–H and O–H groups in total. The molecule has 1 aliphatic heterocycles. The molecule has 0 fully saturated rings. The molecule has 0 saturated heterocycles. The zero-order valence-electron chi connectivity index (χ0n) is 11.4. The number of H-pyrrole nitrogens is 1. The van der Waals surface area contributed by atoms with Crippen molar-refractivity contribution >= 4 is 27.9 Å². The zero-order valence-corrected chi connectivity index (χ0v) is 13.0. The van der Waals surface area contributed by atoms with Gasteiger partial charge in [0, 0.05) is 27.8 Å². The Morgan fingerprint density at radius 1 is 1.52 bits per heavy atom. The fourth-order valence-corrected chi connectivity index (χ4v) is 2.50. The van der Waals surface area contributed by atoms with Gasteiger partial charge in [0.1, 0.15) is 12.4 Å². The predicted molar refractivity (Wildman–Crippen MR) is 82.8 cm³/mol. The number of carbonyl (C=O) groups excluding carboxylic acids is 1. The van der Waals surface area contributed by atoms with Crippen molar-refractivity contribution in [2.75, 3.05) is 6.61 Å². The number of ether oxygens (including phenoxy) is 1. The van der Waals surface area contributed by atoms with Crippen LogP contribution in [0.1, 0.15) is 16.8 Å². The standard InChI is InChI=1S/C15H14BrN3O2/c1-9-12(7-18-19-9)6-17-15(20)11-4-10-5-13(16)2-3-14(10)21-8-11/h2-5,7H,6,8H2,1H3,(H,17,20)(H,18,19). The minimum absolute atomic E-state index is 0.124. The van der Waals surface area contributed by atoms with Gasteiger partial charge in [-0.1, -0.05) is 15.9 Å². The van der Waals surface area contributed by atoms with E-state index >= 15 is 0 Å². The van der Waals surface area contributed by atoms with Crippen molar-refractivity contribution in [2.45, 2.75) is 13.5 Å². The van der Waals surface area contributed by atoms with E-state index in [1.165, 1.54) is 0 Å². The minimum atomic E-state index is -0.124. The second kappa shape index (κ2) is 5.73. The molecule has 0 radical (unpaired) electrons. The van der Waals surface area contributed by atoms with Crippen LogP contribution in [0.5, 0.6) is 5.75 Å². The lowest BCUT2D eigenvalue weighted by Crippen LogP contribution is -2.28. The van der Waals surface area contributed by atoms with Crippen molar-refractivity contribution in [3.8, 4) is 5.75 Å². The van der Waals surface area contributed by atoms with Gasteiger partial charge in [-0.25, -0.2) is 0 Å². The van der Waals surface area contributed by atoms with E-state index in [-0.39, 0.29) is 12.5 Å². The largest absolute Gasteiger partial charge is 0.488 e. The van der Waals surface area contributed by atoms with Crippen LogP contribution in [0.2, 0.25) is 0 Å². The zero-order chi connectivity index (χ0) is 14.8. The summed E-state index contributed by atoms with van der Waals surface area (Å²) in [5.74, 6) is 0.668. The number of amides is 1. The number of halogens is 1. The van der Waals surface area contributed by atoms with Crippen LogP contribution in [-0.2, 0) is 11.3 Å². The van der Waals surface area contributed by atoms with E-state index in [1.807, 2.05) is 31.2 Å². The van der Waals surface area contributed by atoms with Crippen molar-refractivity contribution in [3.63, 3.8) is 0 Å². The highest BCUT2D eigenvalue weighted by Gasteiger charge is 2.17. The second-order valence-corrected chi connectivity index (χ2v) is 5.76. The number of benzene rings is 1. The number of nitrogens with one attached hydrogen (secondary N) is 2. The van der Waals surface area contributed by atoms with Gasteiger partial charge in [-0.15, -0.1) is 0 Å². The molecule has 0 atom stereocenters. The molecule has 2 heterocycles. The van der Waals surface area contributed by atoms with Crippen molar-refractivity contribution < 1.29 is 9.53 Å². The van der Waals surface area contributed by atoms with Crippen molar-refractivity contribution in [2.24, 2.45) is 0 Å². The van der Waals surface area contributed by atoms with Crippen molar-refractivity contribution in [1.82, 2.24) is 15.5 Å². The quantitative estimate of drug-likeness (QED) is 0.896. The summed E-state index contributed by atoms with van der Waals surface area (Å²) in [6.07, 6.45) is 3.58. The molecule has 2 aromatic rings. The SMILES string of the molecule is Cc1[nH]ncc1CNC(=O)C1=Cc2cc(Br)ccc2OC1. The Morgan fingerprint density at radius 2 is 2.38 bits per heavy atom. The first-order valence-electron chi connectivity index (χ1n) is 6.53. The summed E-state index contributed by atoms with van der Waals surface area (Å²) >= 11 is 3.42. The second-order valence-electron chi connectivity index (χ2n) is 4.84. The van der Waals surface area contributed by atoms with Gasteiger partial charge >= 0.3 is 0 Å². The number of aromatic amines is 1. The van der Waals surface area contributed by atoms with E-state index in [4.69, 9.17) is 4.74 Å². The number of aromatic nitrogens is 2. The lowest BCUT2D eigenvalue weighted by Gasteiger charge is -2.17. The topological polar surface area (TPSA) is 67.0 Å². The fourth-order valence-electron chi connectivity index (χ4n) is 2.12. The average Bonchev–Trinajstić information content (AvgIpc) is 2.89. The average molecular weight is 348 g/mol. The predicted octanol–water partition coefficient (Wildman–Crippen LogP) is 2.57. The highest BCUT2D eigenvalue weighted by Crippen LogP contribution is 2.29. The molecule has 0 saturated carbocycles. The number of carbonyl (C=O) groups is 1. The maximum absolute atomic E-state index is 12.2. The molecule has 1 amide bonds. The minimum Gasteiger partial charge on any atom is -0.488 e. The third kappa shape index (κ3) is 3.00. The van der Waals surface area contributed by atoms with Gasteiger partial charge < -0.3 is 10.1 Å². The molecule has 0 unspecified atom stereocenters. The van der Waals surface area contributed by atoms with Gasteiger partial charge in [0.15, 0.2) is 0 Å². The molecular weight excluding hydrogens is 334 g/mol. The first-order valence-corrected chi connectivity index (χ1v) is 7.33.